The third-order valence-electron chi connectivity index (χ3n) is 3.33. The summed E-state index contributed by atoms with van der Waals surface area (Å²) in [7, 11) is 0. The van der Waals surface area contributed by atoms with Crippen LogP contribution in [0.15, 0.2) is 30.5 Å². The van der Waals surface area contributed by atoms with Crippen molar-refractivity contribution >= 4 is 17.7 Å². The topological polar surface area (TPSA) is 130 Å². The van der Waals surface area contributed by atoms with E-state index in [-0.39, 0.29) is 18.7 Å². The normalized spacial score (nSPS) is 10.4. The van der Waals surface area contributed by atoms with Crippen molar-refractivity contribution in [2.24, 2.45) is 5.73 Å². The first kappa shape index (κ1) is 17.1. The van der Waals surface area contributed by atoms with Gasteiger partial charge in [-0.2, -0.15) is 4.68 Å². The summed E-state index contributed by atoms with van der Waals surface area (Å²) < 4.78 is 6.23. The maximum Gasteiger partial charge on any atom is 0.402 e. The summed E-state index contributed by atoms with van der Waals surface area (Å²) in [5.74, 6) is -2.07. The smallest absolute Gasteiger partial charge is 0.402 e. The Kier molecular flexibility index (Phi) is 5.25. The van der Waals surface area contributed by atoms with Crippen LogP contribution in [0.5, 0.6) is 0 Å². The molecular weight excluding hydrogens is 316 g/mol. The Hall–Kier alpha value is -3.23. The van der Waals surface area contributed by atoms with Crippen molar-refractivity contribution in [2.75, 3.05) is 6.61 Å². The summed E-state index contributed by atoms with van der Waals surface area (Å²) in [5, 5.41) is 14.4. The number of nitro groups is 1. The van der Waals surface area contributed by atoms with Gasteiger partial charge in [-0.25, -0.2) is 4.79 Å². The number of nitrogens with zero attached hydrogens (tertiary/aromatic N) is 3. The fourth-order valence-corrected chi connectivity index (χ4v) is 2.03. The van der Waals surface area contributed by atoms with E-state index in [0.29, 0.717) is 5.56 Å². The van der Waals surface area contributed by atoms with Gasteiger partial charge in [-0.1, -0.05) is 19.1 Å². The Morgan fingerprint density at radius 1 is 1.33 bits per heavy atom. The van der Waals surface area contributed by atoms with Crippen molar-refractivity contribution in [3.63, 3.8) is 0 Å². The first-order valence-electron chi connectivity index (χ1n) is 7.20. The zero-order valence-corrected chi connectivity index (χ0v) is 13.0. The molecule has 0 fully saturated rings. The van der Waals surface area contributed by atoms with Crippen molar-refractivity contribution in [1.82, 2.24) is 9.78 Å². The number of aromatic nitrogens is 2. The number of ether oxygens (including phenoxy) is 1. The SMILES string of the molecule is CCc1ccc(C(=O)OCCn2cc(C(N)=O)c([N+](=O)[O-])n2)cc1. The van der Waals surface area contributed by atoms with Crippen LogP contribution in [0.4, 0.5) is 5.82 Å². The number of aryl methyl sites for hydroxylation is 1. The molecule has 1 aromatic heterocycles. The van der Waals surface area contributed by atoms with Crippen molar-refractivity contribution in [3.8, 4) is 0 Å². The highest BCUT2D eigenvalue weighted by Crippen LogP contribution is 2.15. The molecule has 0 atom stereocenters. The standard InChI is InChI=1S/C15H16N4O5/c1-2-10-3-5-11(6-4-10)15(21)24-8-7-18-9-12(13(16)20)14(17-18)19(22)23/h3-6,9H,2,7-8H2,1H3,(H2,16,20). The zero-order chi connectivity index (χ0) is 17.7. The number of carbonyl (C=O) groups excluding carboxylic acids is 2. The molecule has 1 amide bonds. The number of primary amides is 1. The van der Waals surface area contributed by atoms with Crippen LogP contribution < -0.4 is 5.73 Å². The molecule has 0 radical (unpaired) electrons. The van der Waals surface area contributed by atoms with Crippen LogP contribution in [-0.4, -0.2) is 33.2 Å². The molecule has 0 saturated heterocycles. The molecule has 24 heavy (non-hydrogen) atoms. The second-order valence-electron chi connectivity index (χ2n) is 4.94. The minimum atomic E-state index is -0.944. The number of hydrogen-bond donors (Lipinski definition) is 1. The minimum Gasteiger partial charge on any atom is -0.460 e. The first-order chi connectivity index (χ1) is 11.4. The van der Waals surface area contributed by atoms with Crippen molar-refractivity contribution in [2.45, 2.75) is 19.9 Å². The van der Waals surface area contributed by atoms with Crippen LogP contribution in [0.25, 0.3) is 0 Å². The van der Waals surface area contributed by atoms with E-state index in [1.54, 1.807) is 12.1 Å². The first-order valence-corrected chi connectivity index (χ1v) is 7.20. The van der Waals surface area contributed by atoms with E-state index in [1.807, 2.05) is 19.1 Å². The zero-order valence-electron chi connectivity index (χ0n) is 13.0. The molecule has 0 aliphatic rings. The highest BCUT2D eigenvalue weighted by atomic mass is 16.6. The average molecular weight is 332 g/mol. The van der Waals surface area contributed by atoms with Gasteiger partial charge in [0.15, 0.2) is 5.56 Å². The van der Waals surface area contributed by atoms with Gasteiger partial charge in [-0.15, -0.1) is 0 Å². The van der Waals surface area contributed by atoms with Gasteiger partial charge in [-0.05, 0) is 29.0 Å². The van der Waals surface area contributed by atoms with Crippen molar-refractivity contribution < 1.29 is 19.2 Å². The Morgan fingerprint density at radius 2 is 2.00 bits per heavy atom. The number of carbonyl (C=O) groups is 2. The van der Waals surface area contributed by atoms with Crippen LogP contribution in [0.2, 0.25) is 0 Å². The van der Waals surface area contributed by atoms with Gasteiger partial charge in [0.25, 0.3) is 5.91 Å². The van der Waals surface area contributed by atoms with Crippen molar-refractivity contribution in [3.05, 3.63) is 57.3 Å². The predicted octanol–water partition coefficient (Wildman–Crippen LogP) is 1.31. The molecule has 9 heteroatoms. The van der Waals surface area contributed by atoms with E-state index < -0.39 is 22.6 Å². The molecule has 2 aromatic rings. The van der Waals surface area contributed by atoms with E-state index >= 15 is 0 Å². The van der Waals surface area contributed by atoms with Crippen LogP contribution in [0.1, 0.15) is 33.2 Å². The number of hydrogen-bond acceptors (Lipinski definition) is 6. The van der Waals surface area contributed by atoms with Gasteiger partial charge in [0, 0.05) is 0 Å². The second kappa shape index (κ2) is 7.36. The summed E-state index contributed by atoms with van der Waals surface area (Å²) in [6.07, 6.45) is 2.03. The number of amides is 1. The third kappa shape index (κ3) is 3.94. The van der Waals surface area contributed by atoms with Crippen LogP contribution in [-0.2, 0) is 17.7 Å². The fraction of sp³-hybridized carbons (Fsp3) is 0.267. The number of benzene rings is 1. The Balaban J connectivity index is 1.96. The summed E-state index contributed by atoms with van der Waals surface area (Å²) in [5.41, 5.74) is 6.29. The molecule has 1 aromatic carbocycles. The molecule has 0 saturated carbocycles. The molecule has 0 aliphatic carbocycles. The highest BCUT2D eigenvalue weighted by Gasteiger charge is 2.24. The van der Waals surface area contributed by atoms with Gasteiger partial charge < -0.3 is 20.6 Å². The molecule has 0 spiro atoms. The summed E-state index contributed by atoms with van der Waals surface area (Å²) in [4.78, 5) is 33.0. The highest BCUT2D eigenvalue weighted by molar-refractivity contribution is 5.95. The number of rotatable bonds is 7. The lowest BCUT2D eigenvalue weighted by atomic mass is 10.1. The third-order valence-corrected chi connectivity index (χ3v) is 3.33. The minimum absolute atomic E-state index is 0.0502. The number of nitrogens with two attached hydrogens (primary N) is 1. The lowest BCUT2D eigenvalue weighted by Gasteiger charge is -2.04. The van der Waals surface area contributed by atoms with Gasteiger partial charge in [0.2, 0.25) is 0 Å². The van der Waals surface area contributed by atoms with Gasteiger partial charge in [0.1, 0.15) is 6.61 Å². The summed E-state index contributed by atoms with van der Waals surface area (Å²) in [6, 6.07) is 7.02. The van der Waals surface area contributed by atoms with E-state index in [2.05, 4.69) is 5.10 Å². The summed E-state index contributed by atoms with van der Waals surface area (Å²) in [6.45, 7) is 2.02. The lowest BCUT2D eigenvalue weighted by molar-refractivity contribution is -0.390. The predicted molar refractivity (Wildman–Crippen MR) is 83.5 cm³/mol. The molecule has 2 rings (SSSR count). The molecular formula is C15H16N4O5. The van der Waals surface area contributed by atoms with E-state index in [0.717, 1.165) is 22.9 Å². The maximum atomic E-state index is 11.9. The molecule has 0 bridgehead atoms. The molecule has 0 aliphatic heterocycles. The Morgan fingerprint density at radius 3 is 2.50 bits per heavy atom. The van der Waals surface area contributed by atoms with Crippen LogP contribution in [0, 0.1) is 10.1 Å². The van der Waals surface area contributed by atoms with Crippen LogP contribution in [0.3, 0.4) is 0 Å². The Labute approximate surface area is 137 Å². The van der Waals surface area contributed by atoms with E-state index in [9.17, 15) is 19.7 Å². The van der Waals surface area contributed by atoms with Crippen molar-refractivity contribution in [1.29, 1.82) is 0 Å². The largest absolute Gasteiger partial charge is 0.460 e. The van der Waals surface area contributed by atoms with E-state index in [4.69, 9.17) is 10.5 Å². The maximum absolute atomic E-state index is 11.9. The molecule has 126 valence electrons. The molecule has 9 nitrogen and oxygen atoms in total. The van der Waals surface area contributed by atoms with Gasteiger partial charge >= 0.3 is 11.8 Å². The van der Waals surface area contributed by atoms with Gasteiger partial charge in [0.05, 0.1) is 23.4 Å². The van der Waals surface area contributed by atoms with E-state index in [1.165, 1.54) is 0 Å². The molecule has 0 unspecified atom stereocenters. The average Bonchev–Trinajstić information content (AvgIpc) is 2.99. The quantitative estimate of drug-likeness (QED) is 0.462. The molecule has 2 N–H and O–H groups in total. The number of esters is 1. The van der Waals surface area contributed by atoms with Gasteiger partial charge in [-0.3, -0.25) is 4.79 Å². The lowest BCUT2D eigenvalue weighted by Crippen LogP contribution is -2.12. The van der Waals surface area contributed by atoms with Crippen LogP contribution >= 0.6 is 0 Å². The monoisotopic (exact) mass is 332 g/mol. The Bertz CT molecular complexity index is 735. The fourth-order valence-electron chi connectivity index (χ4n) is 2.03. The summed E-state index contributed by atoms with van der Waals surface area (Å²) >= 11 is 0. The molecule has 1 heterocycles. The second-order valence-corrected chi connectivity index (χ2v) is 4.94.